The minimum Gasteiger partial charge on any atom is -0.310 e. The molecule has 2 nitrogen and oxygen atoms in total. The molecule has 2 heteroatoms. The quantitative estimate of drug-likeness (QED) is 0.630. The topological polar surface area (TPSA) is 29.1 Å². The van der Waals surface area contributed by atoms with Crippen molar-refractivity contribution in [1.29, 1.82) is 0 Å². The highest BCUT2D eigenvalue weighted by molar-refractivity contribution is 5.98. The molecule has 0 saturated carbocycles. The number of benzene rings is 2. The van der Waals surface area contributed by atoms with Crippen LogP contribution in [-0.4, -0.2) is 18.9 Å². The van der Waals surface area contributed by atoms with Crippen LogP contribution in [0.4, 0.5) is 0 Å². The summed E-state index contributed by atoms with van der Waals surface area (Å²) in [6.07, 6.45) is 1.04. The Hall–Kier alpha value is -1.93. The van der Waals surface area contributed by atoms with Gasteiger partial charge in [-0.1, -0.05) is 61.5 Å². The Kier molecular flexibility index (Phi) is 4.87. The number of ketones is 1. The van der Waals surface area contributed by atoms with Crippen LogP contribution in [0.2, 0.25) is 0 Å². The fraction of sp³-hybridized carbons (Fsp3) is 0.235. The van der Waals surface area contributed by atoms with Crippen molar-refractivity contribution in [2.45, 2.75) is 13.3 Å². The summed E-state index contributed by atoms with van der Waals surface area (Å²) in [4.78, 5) is 11.9. The van der Waals surface area contributed by atoms with Gasteiger partial charge in [0.2, 0.25) is 0 Å². The van der Waals surface area contributed by atoms with Crippen LogP contribution in [0.5, 0.6) is 0 Å². The van der Waals surface area contributed by atoms with Crippen molar-refractivity contribution in [3.63, 3.8) is 0 Å². The Bertz CT molecular complexity index is 517. The van der Waals surface area contributed by atoms with Gasteiger partial charge in [-0.25, -0.2) is 0 Å². The summed E-state index contributed by atoms with van der Waals surface area (Å²) in [6.45, 7) is 3.39. The first-order valence-electron chi connectivity index (χ1n) is 6.70. The van der Waals surface area contributed by atoms with Crippen molar-refractivity contribution < 1.29 is 4.79 Å². The van der Waals surface area contributed by atoms with Crippen LogP contribution in [0.1, 0.15) is 23.7 Å². The fourth-order valence-electron chi connectivity index (χ4n) is 1.96. The van der Waals surface area contributed by atoms with Crippen LogP contribution in [0.3, 0.4) is 0 Å². The van der Waals surface area contributed by atoms with Crippen molar-refractivity contribution in [2.24, 2.45) is 0 Å². The summed E-state index contributed by atoms with van der Waals surface area (Å²) in [5.74, 6) is 0.146. The van der Waals surface area contributed by atoms with Crippen LogP contribution < -0.4 is 5.32 Å². The molecule has 0 amide bonds. The Morgan fingerprint density at radius 3 is 2.21 bits per heavy atom. The summed E-state index contributed by atoms with van der Waals surface area (Å²) >= 11 is 0. The number of Topliss-reactive ketones (excluding diaryl/α,β-unsaturated/α-hetero) is 1. The van der Waals surface area contributed by atoms with Gasteiger partial charge < -0.3 is 5.32 Å². The first kappa shape index (κ1) is 13.5. The zero-order valence-corrected chi connectivity index (χ0v) is 11.2. The van der Waals surface area contributed by atoms with Crippen molar-refractivity contribution in [3.8, 4) is 11.1 Å². The third-order valence-corrected chi connectivity index (χ3v) is 3.03. The first-order valence-corrected chi connectivity index (χ1v) is 6.70. The summed E-state index contributed by atoms with van der Waals surface area (Å²) in [7, 11) is 0. The van der Waals surface area contributed by atoms with E-state index in [-0.39, 0.29) is 5.78 Å². The molecule has 0 aliphatic rings. The van der Waals surface area contributed by atoms with Gasteiger partial charge in [0.05, 0.1) is 6.54 Å². The van der Waals surface area contributed by atoms with Crippen molar-refractivity contribution in [1.82, 2.24) is 5.32 Å². The zero-order valence-electron chi connectivity index (χ0n) is 11.2. The number of rotatable bonds is 6. The highest BCUT2D eigenvalue weighted by Gasteiger charge is 2.05. The van der Waals surface area contributed by atoms with Crippen molar-refractivity contribution in [2.75, 3.05) is 13.1 Å². The second-order valence-corrected chi connectivity index (χ2v) is 4.54. The predicted molar refractivity (Wildman–Crippen MR) is 79.4 cm³/mol. The van der Waals surface area contributed by atoms with Gasteiger partial charge in [0.15, 0.2) is 5.78 Å². The molecule has 0 heterocycles. The third kappa shape index (κ3) is 3.76. The highest BCUT2D eigenvalue weighted by Crippen LogP contribution is 2.19. The number of carbonyl (C=O) groups is 1. The molecule has 0 unspecified atom stereocenters. The molecule has 1 N–H and O–H groups in total. The maximum atomic E-state index is 11.9. The Labute approximate surface area is 114 Å². The summed E-state index contributed by atoms with van der Waals surface area (Å²) in [5.41, 5.74) is 3.08. The average Bonchev–Trinajstić information content (AvgIpc) is 2.48. The van der Waals surface area contributed by atoms with Gasteiger partial charge in [0.1, 0.15) is 0 Å². The number of carbonyl (C=O) groups excluding carboxylic acids is 1. The number of hydrogen-bond donors (Lipinski definition) is 1. The molecule has 19 heavy (non-hydrogen) atoms. The molecule has 0 radical (unpaired) electrons. The molecule has 2 aromatic rings. The van der Waals surface area contributed by atoms with E-state index in [9.17, 15) is 4.79 Å². The van der Waals surface area contributed by atoms with E-state index in [1.54, 1.807) is 0 Å². The van der Waals surface area contributed by atoms with Crippen LogP contribution >= 0.6 is 0 Å². The molecule has 98 valence electrons. The monoisotopic (exact) mass is 253 g/mol. The largest absolute Gasteiger partial charge is 0.310 e. The van der Waals surface area contributed by atoms with E-state index in [0.29, 0.717) is 6.54 Å². The summed E-state index contributed by atoms with van der Waals surface area (Å²) < 4.78 is 0. The van der Waals surface area contributed by atoms with Gasteiger partial charge in [0, 0.05) is 5.56 Å². The molecule has 2 aromatic carbocycles. The minimum atomic E-state index is 0.146. The number of hydrogen-bond acceptors (Lipinski definition) is 2. The lowest BCUT2D eigenvalue weighted by Gasteiger charge is -2.05. The van der Waals surface area contributed by atoms with Gasteiger partial charge in [-0.15, -0.1) is 0 Å². The molecule has 0 spiro atoms. The molecule has 0 saturated heterocycles. The molecular weight excluding hydrogens is 234 g/mol. The normalized spacial score (nSPS) is 10.4. The molecule has 0 fully saturated rings. The Morgan fingerprint density at radius 2 is 1.58 bits per heavy atom. The smallest absolute Gasteiger partial charge is 0.176 e. The van der Waals surface area contributed by atoms with E-state index in [4.69, 9.17) is 0 Å². The Balaban J connectivity index is 2.04. The molecule has 0 aromatic heterocycles. The lowest BCUT2D eigenvalue weighted by Crippen LogP contribution is -2.23. The Morgan fingerprint density at radius 1 is 0.947 bits per heavy atom. The molecule has 0 aliphatic carbocycles. The summed E-state index contributed by atoms with van der Waals surface area (Å²) in [6, 6.07) is 18.0. The molecule has 2 rings (SSSR count). The SMILES string of the molecule is CCCNCC(=O)c1ccc(-c2ccccc2)cc1. The highest BCUT2D eigenvalue weighted by atomic mass is 16.1. The number of nitrogens with one attached hydrogen (secondary N) is 1. The molecule has 0 bridgehead atoms. The van der Waals surface area contributed by atoms with Crippen LogP contribution in [0.25, 0.3) is 11.1 Å². The van der Waals surface area contributed by atoms with Gasteiger partial charge in [-0.3, -0.25) is 4.79 Å². The lowest BCUT2D eigenvalue weighted by atomic mass is 10.0. The van der Waals surface area contributed by atoms with Crippen molar-refractivity contribution in [3.05, 3.63) is 60.2 Å². The van der Waals surface area contributed by atoms with E-state index in [0.717, 1.165) is 24.1 Å². The van der Waals surface area contributed by atoms with E-state index < -0.39 is 0 Å². The summed E-state index contributed by atoms with van der Waals surface area (Å²) in [5, 5.41) is 3.13. The van der Waals surface area contributed by atoms with E-state index in [2.05, 4.69) is 24.4 Å². The first-order chi connectivity index (χ1) is 9.31. The van der Waals surface area contributed by atoms with Gasteiger partial charge in [-0.2, -0.15) is 0 Å². The fourth-order valence-corrected chi connectivity index (χ4v) is 1.96. The predicted octanol–water partition coefficient (Wildman–Crippen LogP) is 3.54. The van der Waals surface area contributed by atoms with Gasteiger partial charge in [0.25, 0.3) is 0 Å². The third-order valence-electron chi connectivity index (χ3n) is 3.03. The molecule has 0 atom stereocenters. The van der Waals surface area contributed by atoms with Crippen LogP contribution in [0, 0.1) is 0 Å². The maximum Gasteiger partial charge on any atom is 0.176 e. The van der Waals surface area contributed by atoms with E-state index >= 15 is 0 Å². The van der Waals surface area contributed by atoms with Gasteiger partial charge >= 0.3 is 0 Å². The molecular formula is C17H19NO. The lowest BCUT2D eigenvalue weighted by molar-refractivity contribution is 0.0991. The van der Waals surface area contributed by atoms with Crippen molar-refractivity contribution >= 4 is 5.78 Å². The minimum absolute atomic E-state index is 0.146. The van der Waals surface area contributed by atoms with Gasteiger partial charge in [-0.05, 0) is 24.1 Å². The standard InChI is InChI=1S/C17H19NO/c1-2-12-18-13-17(19)16-10-8-15(9-11-16)14-6-4-3-5-7-14/h3-11,18H,2,12-13H2,1H3. The van der Waals surface area contributed by atoms with Crippen LogP contribution in [0.15, 0.2) is 54.6 Å². The maximum absolute atomic E-state index is 11.9. The second kappa shape index (κ2) is 6.86. The van der Waals surface area contributed by atoms with E-state index in [1.807, 2.05) is 42.5 Å². The molecule has 0 aliphatic heterocycles. The average molecular weight is 253 g/mol. The van der Waals surface area contributed by atoms with E-state index in [1.165, 1.54) is 5.56 Å². The van der Waals surface area contributed by atoms with Crippen LogP contribution in [-0.2, 0) is 0 Å². The second-order valence-electron chi connectivity index (χ2n) is 4.54. The zero-order chi connectivity index (χ0) is 13.5.